The second-order valence-corrected chi connectivity index (χ2v) is 1.84. The highest BCUT2D eigenvalue weighted by Crippen LogP contribution is 1.90. The summed E-state index contributed by atoms with van der Waals surface area (Å²) in [5.74, 6) is 0. The number of halogens is 1. The fourth-order valence-corrected chi connectivity index (χ4v) is 0.159. The van der Waals surface area contributed by atoms with Crippen molar-refractivity contribution in [1.82, 2.24) is 0 Å². The molecule has 0 saturated carbocycles. The molecule has 0 rings (SSSR count). The van der Waals surface area contributed by atoms with Crippen LogP contribution in [0.2, 0.25) is 0 Å². The summed E-state index contributed by atoms with van der Waals surface area (Å²) in [5.41, 5.74) is 0. The highest BCUT2D eigenvalue weighted by Gasteiger charge is 1.89. The van der Waals surface area contributed by atoms with Crippen LogP contribution in [0.15, 0.2) is 5.18 Å². The molecule has 2 nitrogen and oxygen atoms in total. The summed E-state index contributed by atoms with van der Waals surface area (Å²) in [6.07, 6.45) is 0. The molecule has 0 aromatic heterocycles. The van der Waals surface area contributed by atoms with Crippen molar-refractivity contribution < 1.29 is 0 Å². The van der Waals surface area contributed by atoms with Crippen molar-refractivity contribution in [3.05, 3.63) is 4.91 Å². The van der Waals surface area contributed by atoms with E-state index in [1.807, 2.05) is 0 Å². The predicted octanol–water partition coefficient (Wildman–Crippen LogP) is 1.38. The molecule has 36 valence electrons. The Hall–Kier alpha value is -0.110. The van der Waals surface area contributed by atoms with Gasteiger partial charge in [0.05, 0.1) is 11.9 Å². The average molecular weight is 108 g/mol. The minimum atomic E-state index is -0.109. The molecule has 0 aromatic rings. The van der Waals surface area contributed by atoms with Gasteiger partial charge in [-0.15, -0.1) is 11.6 Å². The minimum absolute atomic E-state index is 0.109. The Morgan fingerprint density at radius 3 is 2.50 bits per heavy atom. The van der Waals surface area contributed by atoms with Crippen LogP contribution in [0.4, 0.5) is 0 Å². The molecule has 0 bridgehead atoms. The van der Waals surface area contributed by atoms with Gasteiger partial charge in [-0.2, -0.15) is 4.91 Å². The van der Waals surface area contributed by atoms with Gasteiger partial charge in [0.1, 0.15) is 0 Å². The first-order valence-electron chi connectivity index (χ1n) is 1.70. The lowest BCUT2D eigenvalue weighted by atomic mass is 10.5. The molecule has 0 saturated heterocycles. The first-order valence-corrected chi connectivity index (χ1v) is 2.14. The van der Waals surface area contributed by atoms with Crippen molar-refractivity contribution in [2.24, 2.45) is 5.18 Å². The van der Waals surface area contributed by atoms with Gasteiger partial charge in [-0.3, -0.25) is 0 Å². The second kappa shape index (κ2) is 3.09. The molecule has 1 unspecified atom stereocenters. The molecule has 0 radical (unpaired) electrons. The van der Waals surface area contributed by atoms with Gasteiger partial charge in [-0.1, -0.05) is 5.18 Å². The number of nitroso groups, excluding NO2 is 1. The fraction of sp³-hybridized carbons (Fsp3) is 1.00. The maximum Gasteiger partial charge on any atom is 0.0971 e. The smallest absolute Gasteiger partial charge is 0.0971 e. The number of nitrogens with zero attached hydrogens (tertiary/aromatic N) is 1. The van der Waals surface area contributed by atoms with E-state index in [9.17, 15) is 4.91 Å². The SMILES string of the molecule is CC(Cl)CN=O. The third-order valence-corrected chi connectivity index (χ3v) is 0.464. The lowest BCUT2D eigenvalue weighted by Gasteiger charge is -1.85. The molecule has 1 atom stereocenters. The zero-order valence-electron chi connectivity index (χ0n) is 3.52. The molecular weight excluding hydrogens is 101 g/mol. The van der Waals surface area contributed by atoms with Crippen molar-refractivity contribution in [3.63, 3.8) is 0 Å². The summed E-state index contributed by atoms with van der Waals surface area (Å²) in [7, 11) is 0. The molecule has 0 heterocycles. The molecule has 0 amide bonds. The van der Waals surface area contributed by atoms with Crippen molar-refractivity contribution in [2.75, 3.05) is 6.54 Å². The van der Waals surface area contributed by atoms with E-state index in [4.69, 9.17) is 11.6 Å². The quantitative estimate of drug-likeness (QED) is 0.387. The van der Waals surface area contributed by atoms with Gasteiger partial charge in [0.25, 0.3) is 0 Å². The predicted molar refractivity (Wildman–Crippen MR) is 26.0 cm³/mol. The largest absolute Gasteiger partial charge is 0.151 e. The first-order chi connectivity index (χ1) is 2.77. The maximum atomic E-state index is 9.28. The topological polar surface area (TPSA) is 29.4 Å². The number of hydrogen-bond acceptors (Lipinski definition) is 2. The third-order valence-electron chi connectivity index (χ3n) is 0.326. The van der Waals surface area contributed by atoms with Crippen LogP contribution in [-0.4, -0.2) is 11.9 Å². The van der Waals surface area contributed by atoms with Crippen molar-refractivity contribution >= 4 is 11.6 Å². The molecule has 0 N–H and O–H groups in total. The molecule has 0 fully saturated rings. The zero-order valence-corrected chi connectivity index (χ0v) is 4.27. The van der Waals surface area contributed by atoms with Crippen LogP contribution in [-0.2, 0) is 0 Å². The molecule has 0 aliphatic rings. The Balaban J connectivity index is 2.81. The van der Waals surface area contributed by atoms with Gasteiger partial charge in [-0.25, -0.2) is 0 Å². The van der Waals surface area contributed by atoms with Crippen molar-refractivity contribution in [1.29, 1.82) is 0 Å². The molecular formula is C3H6ClNO. The van der Waals surface area contributed by atoms with Crippen LogP contribution in [0, 0.1) is 4.91 Å². The summed E-state index contributed by atoms with van der Waals surface area (Å²) in [5, 5.41) is 2.44. The standard InChI is InChI=1S/C3H6ClNO/c1-3(4)2-5-6/h3H,2H2,1H3. The lowest BCUT2D eigenvalue weighted by molar-refractivity contribution is 0.934. The Kier molecular flexibility index (Phi) is 3.04. The Labute approximate surface area is 41.5 Å². The van der Waals surface area contributed by atoms with Crippen molar-refractivity contribution in [3.8, 4) is 0 Å². The Bertz CT molecular complexity index is 46.1. The monoisotopic (exact) mass is 107 g/mol. The van der Waals surface area contributed by atoms with E-state index in [1.165, 1.54) is 0 Å². The van der Waals surface area contributed by atoms with Gasteiger partial charge in [0.15, 0.2) is 0 Å². The molecule has 0 aliphatic carbocycles. The Morgan fingerprint density at radius 2 is 2.50 bits per heavy atom. The summed E-state index contributed by atoms with van der Waals surface area (Å²) in [4.78, 5) is 9.28. The number of rotatable bonds is 2. The van der Waals surface area contributed by atoms with Crippen LogP contribution in [0.1, 0.15) is 6.92 Å². The van der Waals surface area contributed by atoms with E-state index in [2.05, 4.69) is 5.18 Å². The lowest BCUT2D eigenvalue weighted by Crippen LogP contribution is -1.92. The zero-order chi connectivity index (χ0) is 4.99. The third kappa shape index (κ3) is 3.89. The van der Waals surface area contributed by atoms with Gasteiger partial charge >= 0.3 is 0 Å². The van der Waals surface area contributed by atoms with E-state index in [1.54, 1.807) is 6.92 Å². The van der Waals surface area contributed by atoms with E-state index < -0.39 is 0 Å². The van der Waals surface area contributed by atoms with Crippen LogP contribution in [0.5, 0.6) is 0 Å². The molecule has 0 aromatic carbocycles. The van der Waals surface area contributed by atoms with Gasteiger partial charge in [-0.05, 0) is 6.92 Å². The van der Waals surface area contributed by atoms with Gasteiger partial charge in [0, 0.05) is 0 Å². The molecule has 0 aliphatic heterocycles. The van der Waals surface area contributed by atoms with Crippen LogP contribution in [0.25, 0.3) is 0 Å². The van der Waals surface area contributed by atoms with E-state index in [-0.39, 0.29) is 11.9 Å². The highest BCUT2D eigenvalue weighted by molar-refractivity contribution is 6.20. The fourth-order valence-electron chi connectivity index (χ4n) is 0.103. The maximum absolute atomic E-state index is 9.28. The van der Waals surface area contributed by atoms with Gasteiger partial charge < -0.3 is 0 Å². The number of alkyl halides is 1. The Morgan fingerprint density at radius 1 is 2.00 bits per heavy atom. The van der Waals surface area contributed by atoms with E-state index >= 15 is 0 Å². The average Bonchev–Trinajstić information content (AvgIpc) is 1.35. The van der Waals surface area contributed by atoms with Gasteiger partial charge in [0.2, 0.25) is 0 Å². The van der Waals surface area contributed by atoms with Crippen LogP contribution in [0.3, 0.4) is 0 Å². The van der Waals surface area contributed by atoms with Crippen LogP contribution >= 0.6 is 11.6 Å². The molecule has 6 heavy (non-hydrogen) atoms. The molecule has 3 heteroatoms. The normalized spacial score (nSPS) is 13.7. The summed E-state index contributed by atoms with van der Waals surface area (Å²) < 4.78 is 0. The van der Waals surface area contributed by atoms with Crippen molar-refractivity contribution in [2.45, 2.75) is 12.3 Å². The second-order valence-electron chi connectivity index (χ2n) is 1.09. The summed E-state index contributed by atoms with van der Waals surface area (Å²) >= 11 is 5.28. The first kappa shape index (κ1) is 5.89. The van der Waals surface area contributed by atoms with Crippen LogP contribution < -0.4 is 0 Å². The highest BCUT2D eigenvalue weighted by atomic mass is 35.5. The molecule has 0 spiro atoms. The van der Waals surface area contributed by atoms with E-state index in [0.717, 1.165) is 0 Å². The number of hydrogen-bond donors (Lipinski definition) is 0. The van der Waals surface area contributed by atoms with E-state index in [0.29, 0.717) is 0 Å². The minimum Gasteiger partial charge on any atom is -0.151 e. The summed E-state index contributed by atoms with van der Waals surface area (Å²) in [6.45, 7) is 1.94. The summed E-state index contributed by atoms with van der Waals surface area (Å²) in [6, 6.07) is 0.